The molecule has 3 atom stereocenters. The van der Waals surface area contributed by atoms with Crippen molar-refractivity contribution in [1.29, 1.82) is 0 Å². The summed E-state index contributed by atoms with van der Waals surface area (Å²) in [5.74, 6) is -1.68. The molecule has 0 aromatic carbocycles. The summed E-state index contributed by atoms with van der Waals surface area (Å²) >= 11 is 5.68. The first-order valence-corrected chi connectivity index (χ1v) is 8.07. The molecule has 6 nitrogen and oxygen atoms in total. The molecule has 1 saturated carbocycles. The van der Waals surface area contributed by atoms with Crippen LogP contribution in [0.3, 0.4) is 0 Å². The number of hydrogen-bond acceptors (Lipinski definition) is 6. The maximum Gasteiger partial charge on any atom is 0.311 e. The third-order valence-corrected chi connectivity index (χ3v) is 4.45. The van der Waals surface area contributed by atoms with Gasteiger partial charge in [-0.15, -0.1) is 0 Å². The molecule has 1 aliphatic rings. The Hall–Kier alpha value is -1.47. The second-order valence-electron chi connectivity index (χ2n) is 5.85. The largest absolute Gasteiger partial charge is 0.466 e. The first-order valence-electron chi connectivity index (χ1n) is 7.69. The van der Waals surface area contributed by atoms with Crippen LogP contribution in [0.2, 0.25) is 5.28 Å². The van der Waals surface area contributed by atoms with Crippen LogP contribution in [0.5, 0.6) is 0 Å². The summed E-state index contributed by atoms with van der Waals surface area (Å²) in [6.07, 6.45) is 3.23. The number of ether oxygens (including phenoxy) is 1. The summed E-state index contributed by atoms with van der Waals surface area (Å²) < 4.78 is 18.7. The topological polar surface area (TPSA) is 84.3 Å². The lowest BCUT2D eigenvalue weighted by Crippen LogP contribution is -2.48. The van der Waals surface area contributed by atoms with E-state index in [1.54, 1.807) is 13.8 Å². The van der Waals surface area contributed by atoms with E-state index in [0.717, 1.165) is 12.6 Å². The maximum atomic E-state index is 13.7. The van der Waals surface area contributed by atoms with Crippen LogP contribution in [0, 0.1) is 11.7 Å². The van der Waals surface area contributed by atoms with E-state index in [1.165, 1.54) is 0 Å². The van der Waals surface area contributed by atoms with Gasteiger partial charge in [0.15, 0.2) is 11.6 Å². The normalized spacial score (nSPS) is 25.7. The van der Waals surface area contributed by atoms with Gasteiger partial charge in [0, 0.05) is 6.04 Å². The van der Waals surface area contributed by atoms with Crippen molar-refractivity contribution in [2.75, 3.05) is 11.9 Å². The van der Waals surface area contributed by atoms with Gasteiger partial charge in [-0.3, -0.25) is 4.79 Å². The molecule has 0 saturated heterocycles. The second-order valence-corrected chi connectivity index (χ2v) is 6.19. The number of rotatable bonds is 5. The van der Waals surface area contributed by atoms with Crippen molar-refractivity contribution in [2.24, 2.45) is 5.92 Å². The van der Waals surface area contributed by atoms with Crippen LogP contribution in [-0.2, 0) is 9.53 Å². The minimum Gasteiger partial charge on any atom is -0.466 e. The van der Waals surface area contributed by atoms with Gasteiger partial charge in [-0.1, -0.05) is 0 Å². The Kier molecular flexibility index (Phi) is 5.75. The van der Waals surface area contributed by atoms with Gasteiger partial charge in [0.2, 0.25) is 5.28 Å². The third-order valence-electron chi connectivity index (χ3n) is 4.26. The lowest BCUT2D eigenvalue weighted by molar-refractivity contribution is -0.159. The van der Waals surface area contributed by atoms with Gasteiger partial charge in [-0.2, -0.15) is 4.98 Å². The van der Waals surface area contributed by atoms with E-state index in [1.807, 2.05) is 0 Å². The SMILES string of the molecule is CCOC(=O)C(C)C1(O)CCCC(Nc2nc(Cl)ncc2F)C1. The van der Waals surface area contributed by atoms with Crippen molar-refractivity contribution in [3.63, 3.8) is 0 Å². The fourth-order valence-electron chi connectivity index (χ4n) is 2.93. The molecule has 2 rings (SSSR count). The van der Waals surface area contributed by atoms with Crippen LogP contribution in [0.15, 0.2) is 6.20 Å². The van der Waals surface area contributed by atoms with Crippen LogP contribution in [0.25, 0.3) is 0 Å². The Morgan fingerprint density at radius 1 is 1.70 bits per heavy atom. The van der Waals surface area contributed by atoms with E-state index >= 15 is 0 Å². The third kappa shape index (κ3) is 4.29. The monoisotopic (exact) mass is 345 g/mol. The van der Waals surface area contributed by atoms with Gasteiger partial charge in [-0.25, -0.2) is 9.37 Å². The van der Waals surface area contributed by atoms with E-state index in [2.05, 4.69) is 15.3 Å². The van der Waals surface area contributed by atoms with Crippen molar-refractivity contribution in [3.8, 4) is 0 Å². The summed E-state index contributed by atoms with van der Waals surface area (Å²) in [6, 6.07) is -0.217. The number of carbonyl (C=O) groups is 1. The van der Waals surface area contributed by atoms with Crippen LogP contribution in [0.1, 0.15) is 39.5 Å². The van der Waals surface area contributed by atoms with E-state index in [4.69, 9.17) is 16.3 Å². The van der Waals surface area contributed by atoms with Crippen molar-refractivity contribution in [3.05, 3.63) is 17.3 Å². The highest BCUT2D eigenvalue weighted by atomic mass is 35.5. The molecule has 0 spiro atoms. The summed E-state index contributed by atoms with van der Waals surface area (Å²) in [7, 11) is 0. The average Bonchev–Trinajstić information content (AvgIpc) is 2.50. The number of aliphatic hydroxyl groups is 1. The molecule has 1 aromatic heterocycles. The highest BCUT2D eigenvalue weighted by Crippen LogP contribution is 2.36. The first-order chi connectivity index (χ1) is 10.9. The number of carbonyl (C=O) groups excluding carboxylic acids is 1. The lowest BCUT2D eigenvalue weighted by Gasteiger charge is -2.40. The standard InChI is InChI=1S/C15H21ClFN3O3/c1-3-23-13(21)9(2)15(22)6-4-5-10(7-15)19-12-11(17)8-18-14(16)20-12/h8-10,22H,3-7H2,1-2H3,(H,18,19,20). The predicted octanol–water partition coefficient (Wildman–Crippen LogP) is 2.55. The molecule has 8 heteroatoms. The number of nitrogens with zero attached hydrogens (tertiary/aromatic N) is 2. The highest BCUT2D eigenvalue weighted by Gasteiger charge is 2.43. The average molecular weight is 346 g/mol. The zero-order valence-electron chi connectivity index (χ0n) is 13.2. The number of aromatic nitrogens is 2. The molecule has 0 aliphatic heterocycles. The molecule has 0 amide bonds. The minimum atomic E-state index is -1.19. The summed E-state index contributed by atoms with van der Waals surface area (Å²) in [4.78, 5) is 19.3. The van der Waals surface area contributed by atoms with Crippen LogP contribution in [-0.4, -0.2) is 39.3 Å². The maximum absolute atomic E-state index is 13.7. The van der Waals surface area contributed by atoms with Gasteiger partial charge >= 0.3 is 5.97 Å². The van der Waals surface area contributed by atoms with E-state index in [-0.39, 0.29) is 23.8 Å². The molecule has 0 bridgehead atoms. The lowest BCUT2D eigenvalue weighted by atomic mass is 9.74. The Morgan fingerprint density at radius 3 is 3.13 bits per heavy atom. The molecule has 3 unspecified atom stereocenters. The first kappa shape index (κ1) is 17.9. The molecule has 1 aromatic rings. The van der Waals surface area contributed by atoms with Crippen molar-refractivity contribution in [1.82, 2.24) is 9.97 Å². The molecule has 1 heterocycles. The molecule has 1 fully saturated rings. The predicted molar refractivity (Wildman–Crippen MR) is 83.6 cm³/mol. The van der Waals surface area contributed by atoms with Crippen molar-refractivity contribution in [2.45, 2.75) is 51.2 Å². The van der Waals surface area contributed by atoms with Crippen LogP contribution < -0.4 is 5.32 Å². The van der Waals surface area contributed by atoms with Crippen LogP contribution in [0.4, 0.5) is 10.2 Å². The fourth-order valence-corrected chi connectivity index (χ4v) is 3.06. The van der Waals surface area contributed by atoms with E-state index in [9.17, 15) is 14.3 Å². The van der Waals surface area contributed by atoms with E-state index in [0.29, 0.717) is 19.3 Å². The molecule has 2 N–H and O–H groups in total. The molecule has 1 aliphatic carbocycles. The Morgan fingerprint density at radius 2 is 2.43 bits per heavy atom. The molecular weight excluding hydrogens is 325 g/mol. The van der Waals surface area contributed by atoms with Gasteiger partial charge in [-0.05, 0) is 51.1 Å². The summed E-state index contributed by atoms with van der Waals surface area (Å²) in [5.41, 5.74) is -1.19. The summed E-state index contributed by atoms with van der Waals surface area (Å²) in [6.45, 7) is 3.65. The van der Waals surface area contributed by atoms with Gasteiger partial charge in [0.25, 0.3) is 0 Å². The number of hydrogen-bond donors (Lipinski definition) is 2. The quantitative estimate of drug-likeness (QED) is 0.630. The summed E-state index contributed by atoms with van der Waals surface area (Å²) in [5, 5.41) is 13.7. The molecular formula is C15H21ClFN3O3. The number of esters is 1. The van der Waals surface area contributed by atoms with Gasteiger partial charge in [0.05, 0.1) is 24.3 Å². The Balaban J connectivity index is 2.08. The van der Waals surface area contributed by atoms with Gasteiger partial charge in [0.1, 0.15) is 0 Å². The smallest absolute Gasteiger partial charge is 0.311 e. The number of anilines is 1. The van der Waals surface area contributed by atoms with E-state index < -0.39 is 23.3 Å². The molecule has 23 heavy (non-hydrogen) atoms. The molecule has 0 radical (unpaired) electrons. The minimum absolute atomic E-state index is 0.00281. The molecule has 128 valence electrons. The number of nitrogens with one attached hydrogen (secondary N) is 1. The van der Waals surface area contributed by atoms with Crippen LogP contribution >= 0.6 is 11.6 Å². The van der Waals surface area contributed by atoms with Gasteiger partial charge < -0.3 is 15.2 Å². The Bertz CT molecular complexity index is 575. The highest BCUT2D eigenvalue weighted by molar-refractivity contribution is 6.28. The number of halogens is 2. The zero-order valence-corrected chi connectivity index (χ0v) is 13.9. The zero-order chi connectivity index (χ0) is 17.0. The Labute approximate surface area is 139 Å². The van der Waals surface area contributed by atoms with Crippen molar-refractivity contribution >= 4 is 23.4 Å². The fraction of sp³-hybridized carbons (Fsp3) is 0.667. The second kappa shape index (κ2) is 7.40. The van der Waals surface area contributed by atoms with Crippen molar-refractivity contribution < 1.29 is 19.0 Å².